The van der Waals surface area contributed by atoms with E-state index < -0.39 is 15.8 Å². The molecule has 2 aromatic carbocycles. The number of benzene rings is 2. The Morgan fingerprint density at radius 1 is 1.05 bits per heavy atom. The number of amides is 1. The van der Waals surface area contributed by atoms with Crippen molar-refractivity contribution in [1.82, 2.24) is 19.6 Å². The van der Waals surface area contributed by atoms with Crippen LogP contribution in [-0.4, -0.2) is 39.7 Å². The molecule has 2 aromatic heterocycles. The highest BCUT2D eigenvalue weighted by Gasteiger charge is 2.33. The molecule has 1 aliphatic carbocycles. The molecule has 4 N–H and O–H groups in total. The number of carbonyl (C=O) groups is 2. The van der Waals surface area contributed by atoms with Gasteiger partial charge in [0.25, 0.3) is 0 Å². The van der Waals surface area contributed by atoms with Crippen LogP contribution in [0.2, 0.25) is 0 Å². The molecule has 2 aliphatic rings. The number of hydrogen-bond donors (Lipinski definition) is 3. The zero-order valence-corrected chi connectivity index (χ0v) is 23.1. The summed E-state index contributed by atoms with van der Waals surface area (Å²) in [7, 11) is -0.0617. The Kier molecular flexibility index (Phi) is 7.44. The fourth-order valence-corrected chi connectivity index (χ4v) is 6.66. The predicted molar refractivity (Wildman–Crippen MR) is 151 cm³/mol. The van der Waals surface area contributed by atoms with Gasteiger partial charge in [-0.15, -0.1) is 0 Å². The standard InChI is InChI=1S/C24H24N4O4S.C4H7N3/c1-28-11-10-23(27-28)26-24(30)18(13-15-6-8-17(29)12-15)16-7-9-22-20(14-16)25-19-4-2-3-5-21(19)33(22,31)32;1-7-3-2-4(5)6-7/h2-5,7,9-11,14-15,18,25H,6,8,12-13H2,1H3,(H,26,27,30);2-3H,1H3,(H2,5,6). The van der Waals surface area contributed by atoms with E-state index in [0.29, 0.717) is 47.8 Å². The lowest BCUT2D eigenvalue weighted by atomic mass is 9.87. The summed E-state index contributed by atoms with van der Waals surface area (Å²) in [6, 6.07) is 15.2. The van der Waals surface area contributed by atoms with Gasteiger partial charge in [0.1, 0.15) is 11.6 Å². The molecule has 2 atom stereocenters. The molecule has 6 rings (SSSR count). The van der Waals surface area contributed by atoms with Crippen molar-refractivity contribution < 1.29 is 18.0 Å². The van der Waals surface area contributed by atoms with Crippen LogP contribution in [0.5, 0.6) is 0 Å². The summed E-state index contributed by atoms with van der Waals surface area (Å²) >= 11 is 0. The molecule has 1 fully saturated rings. The van der Waals surface area contributed by atoms with Crippen LogP contribution in [0.3, 0.4) is 0 Å². The Bertz CT molecular complexity index is 1660. The summed E-state index contributed by atoms with van der Waals surface area (Å²) < 4.78 is 29.5. The van der Waals surface area contributed by atoms with Crippen molar-refractivity contribution >= 4 is 44.5 Å². The van der Waals surface area contributed by atoms with E-state index in [4.69, 9.17) is 5.73 Å². The Balaban J connectivity index is 0.000000403. The first-order valence-electron chi connectivity index (χ1n) is 12.9. The molecule has 2 unspecified atom stereocenters. The van der Waals surface area contributed by atoms with Crippen LogP contribution in [0.25, 0.3) is 0 Å². The van der Waals surface area contributed by atoms with E-state index in [2.05, 4.69) is 20.8 Å². The maximum atomic E-state index is 13.3. The van der Waals surface area contributed by atoms with Gasteiger partial charge in [0.15, 0.2) is 5.82 Å². The van der Waals surface area contributed by atoms with E-state index in [1.807, 2.05) is 7.05 Å². The lowest BCUT2D eigenvalue weighted by Gasteiger charge is -2.25. The average Bonchev–Trinajstić information content (AvgIpc) is 3.63. The number of sulfone groups is 1. The smallest absolute Gasteiger partial charge is 0.233 e. The number of nitrogen functional groups attached to an aromatic ring is 1. The molecule has 3 heterocycles. The maximum Gasteiger partial charge on any atom is 0.233 e. The zero-order chi connectivity index (χ0) is 28.4. The van der Waals surface area contributed by atoms with Gasteiger partial charge in [-0.25, -0.2) is 8.42 Å². The predicted octanol–water partition coefficient (Wildman–Crippen LogP) is 3.79. The van der Waals surface area contributed by atoms with Gasteiger partial charge >= 0.3 is 0 Å². The topological polar surface area (TPSA) is 154 Å². The minimum absolute atomic E-state index is 0.116. The van der Waals surface area contributed by atoms with Gasteiger partial charge in [-0.3, -0.25) is 19.0 Å². The van der Waals surface area contributed by atoms with Crippen molar-refractivity contribution in [2.24, 2.45) is 20.0 Å². The largest absolute Gasteiger partial charge is 0.382 e. The third kappa shape index (κ3) is 5.76. The van der Waals surface area contributed by atoms with Crippen molar-refractivity contribution in [3.63, 3.8) is 0 Å². The monoisotopic (exact) mass is 561 g/mol. The molecule has 208 valence electrons. The molecule has 0 bridgehead atoms. The fourth-order valence-electron chi connectivity index (χ4n) is 5.11. The molecule has 0 saturated heterocycles. The number of para-hydroxylation sites is 1. The van der Waals surface area contributed by atoms with Crippen molar-refractivity contribution in [2.45, 2.75) is 41.4 Å². The molecule has 0 spiro atoms. The number of nitrogens with two attached hydrogens (primary N) is 1. The van der Waals surface area contributed by atoms with Crippen LogP contribution in [0.4, 0.5) is 23.0 Å². The van der Waals surface area contributed by atoms with Crippen molar-refractivity contribution in [3.8, 4) is 0 Å². The summed E-state index contributed by atoms with van der Waals surface area (Å²) in [6.07, 6.45) is 5.82. The summed E-state index contributed by atoms with van der Waals surface area (Å²) in [6.45, 7) is 0. The SMILES string of the molecule is Cn1ccc(N)n1.Cn1ccc(NC(=O)C(CC2CCC(=O)C2)c2ccc3c(c2)Nc2ccccc2S3(=O)=O)n1. The summed E-state index contributed by atoms with van der Waals surface area (Å²) in [4.78, 5) is 25.5. The molecule has 4 aromatic rings. The van der Waals surface area contributed by atoms with Crippen LogP contribution in [0.1, 0.15) is 37.2 Å². The Morgan fingerprint density at radius 2 is 1.77 bits per heavy atom. The van der Waals surface area contributed by atoms with E-state index in [1.54, 1.807) is 83.4 Å². The molecule has 0 radical (unpaired) electrons. The van der Waals surface area contributed by atoms with Crippen LogP contribution in [0, 0.1) is 5.92 Å². The minimum atomic E-state index is -3.66. The summed E-state index contributed by atoms with van der Waals surface area (Å²) in [5.41, 5.74) is 6.90. The van der Waals surface area contributed by atoms with E-state index >= 15 is 0 Å². The van der Waals surface area contributed by atoms with Crippen LogP contribution in [-0.2, 0) is 33.5 Å². The third-order valence-corrected chi connectivity index (χ3v) is 8.94. The fraction of sp³-hybridized carbons (Fsp3) is 0.286. The second-order valence-electron chi connectivity index (χ2n) is 10.1. The van der Waals surface area contributed by atoms with Gasteiger partial charge in [-0.05, 0) is 54.7 Å². The number of anilines is 4. The molecule has 11 nitrogen and oxygen atoms in total. The first-order valence-corrected chi connectivity index (χ1v) is 14.4. The highest BCUT2D eigenvalue weighted by Crippen LogP contribution is 2.42. The quantitative estimate of drug-likeness (QED) is 0.293. The number of Topliss-reactive ketones (excluding diaryl/α,β-unsaturated/α-hetero) is 1. The Hall–Kier alpha value is -4.45. The van der Waals surface area contributed by atoms with Crippen LogP contribution >= 0.6 is 0 Å². The highest BCUT2D eigenvalue weighted by atomic mass is 32.2. The summed E-state index contributed by atoms with van der Waals surface area (Å²) in [5.74, 6) is 0.580. The lowest BCUT2D eigenvalue weighted by molar-refractivity contribution is -0.119. The van der Waals surface area contributed by atoms with Crippen molar-refractivity contribution in [3.05, 3.63) is 72.6 Å². The molecule has 1 aliphatic heterocycles. The van der Waals surface area contributed by atoms with E-state index in [0.717, 1.165) is 6.42 Å². The minimum Gasteiger partial charge on any atom is -0.382 e. The number of nitrogens with zero attached hydrogens (tertiary/aromatic N) is 4. The van der Waals surface area contributed by atoms with Gasteiger partial charge in [0, 0.05) is 45.4 Å². The highest BCUT2D eigenvalue weighted by molar-refractivity contribution is 7.92. The van der Waals surface area contributed by atoms with Gasteiger partial charge in [-0.2, -0.15) is 10.2 Å². The van der Waals surface area contributed by atoms with Gasteiger partial charge in [0.05, 0.1) is 27.1 Å². The third-order valence-electron chi connectivity index (χ3n) is 7.07. The number of aromatic nitrogens is 4. The number of hydrogen-bond acceptors (Lipinski definition) is 8. The molecular weight excluding hydrogens is 530 g/mol. The first-order chi connectivity index (χ1) is 19.1. The van der Waals surface area contributed by atoms with Crippen molar-refractivity contribution in [1.29, 1.82) is 0 Å². The Morgan fingerprint density at radius 3 is 2.40 bits per heavy atom. The number of carbonyl (C=O) groups excluding carboxylic acids is 2. The van der Waals surface area contributed by atoms with E-state index in [1.165, 1.54) is 0 Å². The first kappa shape index (κ1) is 27.1. The lowest BCUT2D eigenvalue weighted by Crippen LogP contribution is -2.24. The second-order valence-corrected chi connectivity index (χ2v) is 12.0. The van der Waals surface area contributed by atoms with Gasteiger partial charge in [-0.1, -0.05) is 18.2 Å². The van der Waals surface area contributed by atoms with E-state index in [9.17, 15) is 18.0 Å². The normalized spacial score (nSPS) is 17.6. The molecule has 12 heteroatoms. The molecule has 40 heavy (non-hydrogen) atoms. The van der Waals surface area contributed by atoms with Crippen LogP contribution in [0.15, 0.2) is 76.8 Å². The van der Waals surface area contributed by atoms with Crippen LogP contribution < -0.4 is 16.4 Å². The summed E-state index contributed by atoms with van der Waals surface area (Å²) in [5, 5.41) is 14.1. The Labute approximate surface area is 232 Å². The van der Waals surface area contributed by atoms with Gasteiger partial charge < -0.3 is 16.4 Å². The molecule has 1 saturated carbocycles. The number of nitrogens with one attached hydrogen (secondary N) is 2. The zero-order valence-electron chi connectivity index (χ0n) is 22.2. The van der Waals surface area contributed by atoms with Crippen molar-refractivity contribution in [2.75, 3.05) is 16.4 Å². The number of rotatable bonds is 5. The number of ketones is 1. The van der Waals surface area contributed by atoms with E-state index in [-0.39, 0.29) is 27.4 Å². The number of fused-ring (bicyclic) bond motifs is 2. The maximum absolute atomic E-state index is 13.3. The number of aryl methyl sites for hydroxylation is 2. The van der Waals surface area contributed by atoms with Gasteiger partial charge in [0.2, 0.25) is 15.7 Å². The second kappa shape index (κ2) is 11.0. The molecule has 1 amide bonds. The average molecular weight is 562 g/mol. The molecular formula is C28H31N7O4S.